The van der Waals surface area contributed by atoms with Crippen molar-refractivity contribution in [2.45, 2.75) is 19.5 Å². The summed E-state index contributed by atoms with van der Waals surface area (Å²) in [7, 11) is 1.80. The second-order valence-electron chi connectivity index (χ2n) is 3.88. The summed E-state index contributed by atoms with van der Waals surface area (Å²) in [6.07, 6.45) is 2.99. The lowest BCUT2D eigenvalue weighted by molar-refractivity contribution is -0.133. The molecular weight excluding hydrogens is 236 g/mol. The van der Waals surface area contributed by atoms with Gasteiger partial charge in [0.2, 0.25) is 5.91 Å². The Morgan fingerprint density at radius 1 is 1.65 bits per heavy atom. The largest absolute Gasteiger partial charge is 0.340 e. The first-order valence-electron chi connectivity index (χ1n) is 5.28. The topological polar surface area (TPSA) is 51.0 Å². The molecule has 0 bridgehead atoms. The van der Waals surface area contributed by atoms with Gasteiger partial charge in [0.15, 0.2) is 0 Å². The van der Waals surface area contributed by atoms with Crippen LogP contribution < -0.4 is 0 Å². The van der Waals surface area contributed by atoms with Crippen molar-refractivity contribution in [3.05, 3.63) is 35.0 Å². The Bertz CT molecular complexity index is 466. The standard InChI is InChI=1S/C11H14N4OS/c1-9(15-8-12-7-13-15)11(16)14(2)5-10-3-4-17-6-10/h3-4,6-9H,5H2,1-2H3/t9-/m0/s1. The second kappa shape index (κ2) is 5.09. The fraction of sp³-hybridized carbons (Fsp3) is 0.364. The zero-order valence-corrected chi connectivity index (χ0v) is 10.6. The molecule has 5 nitrogen and oxygen atoms in total. The number of likely N-dealkylation sites (N-methyl/N-ethyl adjacent to an activating group) is 1. The van der Waals surface area contributed by atoms with Gasteiger partial charge in [-0.3, -0.25) is 4.79 Å². The van der Waals surface area contributed by atoms with Crippen LogP contribution in [0.25, 0.3) is 0 Å². The third kappa shape index (κ3) is 2.71. The first-order valence-corrected chi connectivity index (χ1v) is 6.23. The minimum absolute atomic E-state index is 0.0294. The van der Waals surface area contributed by atoms with E-state index in [1.54, 1.807) is 34.3 Å². The number of carbonyl (C=O) groups excluding carboxylic acids is 1. The van der Waals surface area contributed by atoms with Gasteiger partial charge in [0.1, 0.15) is 18.7 Å². The minimum Gasteiger partial charge on any atom is -0.340 e. The summed E-state index contributed by atoms with van der Waals surface area (Å²) in [6, 6.07) is 1.70. The summed E-state index contributed by atoms with van der Waals surface area (Å²) >= 11 is 1.63. The number of aromatic nitrogens is 3. The highest BCUT2D eigenvalue weighted by molar-refractivity contribution is 7.07. The van der Waals surface area contributed by atoms with Gasteiger partial charge in [0, 0.05) is 13.6 Å². The molecule has 2 rings (SSSR count). The van der Waals surface area contributed by atoms with Crippen LogP contribution >= 0.6 is 11.3 Å². The molecule has 0 aliphatic rings. The van der Waals surface area contributed by atoms with Crippen molar-refractivity contribution in [3.63, 3.8) is 0 Å². The number of rotatable bonds is 4. The molecule has 2 aromatic heterocycles. The van der Waals surface area contributed by atoms with Crippen LogP contribution in [0.15, 0.2) is 29.5 Å². The predicted octanol–water partition coefficient (Wildman–Crippen LogP) is 1.56. The van der Waals surface area contributed by atoms with Gasteiger partial charge in [-0.25, -0.2) is 9.67 Å². The Balaban J connectivity index is 2.00. The summed E-state index contributed by atoms with van der Waals surface area (Å²) in [6.45, 7) is 2.45. The van der Waals surface area contributed by atoms with E-state index in [0.29, 0.717) is 6.54 Å². The van der Waals surface area contributed by atoms with Gasteiger partial charge in [0.05, 0.1) is 0 Å². The molecule has 0 unspecified atom stereocenters. The van der Waals surface area contributed by atoms with Gasteiger partial charge in [-0.05, 0) is 29.3 Å². The normalized spacial score (nSPS) is 12.4. The van der Waals surface area contributed by atoms with Crippen LogP contribution in [-0.4, -0.2) is 32.6 Å². The molecule has 1 atom stereocenters. The maximum absolute atomic E-state index is 12.1. The quantitative estimate of drug-likeness (QED) is 0.827. The number of amides is 1. The van der Waals surface area contributed by atoms with Crippen LogP contribution in [0, 0.1) is 0 Å². The molecule has 1 amide bonds. The SMILES string of the molecule is C[C@@H](C(=O)N(C)Cc1ccsc1)n1cncn1. The van der Waals surface area contributed by atoms with Gasteiger partial charge in [-0.1, -0.05) is 0 Å². The van der Waals surface area contributed by atoms with Crippen LogP contribution in [0.1, 0.15) is 18.5 Å². The van der Waals surface area contributed by atoms with Crippen LogP contribution in [-0.2, 0) is 11.3 Å². The highest BCUT2D eigenvalue weighted by atomic mass is 32.1. The van der Waals surface area contributed by atoms with Gasteiger partial charge in [0.25, 0.3) is 0 Å². The Morgan fingerprint density at radius 3 is 3.06 bits per heavy atom. The van der Waals surface area contributed by atoms with Crippen molar-refractivity contribution >= 4 is 17.2 Å². The number of carbonyl (C=O) groups is 1. The fourth-order valence-corrected chi connectivity index (χ4v) is 2.24. The smallest absolute Gasteiger partial charge is 0.247 e. The van der Waals surface area contributed by atoms with Crippen molar-refractivity contribution in [2.75, 3.05) is 7.05 Å². The third-order valence-corrected chi connectivity index (χ3v) is 3.30. The summed E-state index contributed by atoms with van der Waals surface area (Å²) < 4.78 is 1.56. The van der Waals surface area contributed by atoms with Crippen molar-refractivity contribution < 1.29 is 4.79 Å². The maximum Gasteiger partial charge on any atom is 0.247 e. The average Bonchev–Trinajstić information content (AvgIpc) is 2.99. The number of thiophene rings is 1. The molecule has 6 heteroatoms. The molecule has 0 radical (unpaired) electrons. The van der Waals surface area contributed by atoms with E-state index in [9.17, 15) is 4.79 Å². The molecule has 17 heavy (non-hydrogen) atoms. The maximum atomic E-state index is 12.1. The van der Waals surface area contributed by atoms with Gasteiger partial charge >= 0.3 is 0 Å². The molecule has 0 aliphatic carbocycles. The van der Waals surface area contributed by atoms with E-state index in [0.717, 1.165) is 5.56 Å². The Morgan fingerprint density at radius 2 is 2.47 bits per heavy atom. The summed E-state index contributed by atoms with van der Waals surface area (Å²) in [5.74, 6) is 0.0294. The van der Waals surface area contributed by atoms with Crippen LogP contribution in [0.3, 0.4) is 0 Å². The Hall–Kier alpha value is -1.69. The average molecular weight is 250 g/mol. The van der Waals surface area contributed by atoms with Gasteiger partial charge < -0.3 is 4.90 Å². The van der Waals surface area contributed by atoms with E-state index in [-0.39, 0.29) is 11.9 Å². The first-order chi connectivity index (χ1) is 8.18. The van der Waals surface area contributed by atoms with Crippen molar-refractivity contribution in [1.29, 1.82) is 0 Å². The summed E-state index contributed by atoms with van der Waals surface area (Å²) in [4.78, 5) is 17.7. The van der Waals surface area contributed by atoms with E-state index in [1.807, 2.05) is 23.8 Å². The van der Waals surface area contributed by atoms with Crippen LogP contribution in [0.4, 0.5) is 0 Å². The fourth-order valence-electron chi connectivity index (χ4n) is 1.58. The van der Waals surface area contributed by atoms with Crippen LogP contribution in [0.2, 0.25) is 0 Å². The Labute approximate surface area is 104 Å². The highest BCUT2D eigenvalue weighted by Crippen LogP contribution is 2.12. The van der Waals surface area contributed by atoms with E-state index >= 15 is 0 Å². The molecule has 0 N–H and O–H groups in total. The second-order valence-corrected chi connectivity index (χ2v) is 4.66. The molecule has 90 valence electrons. The van der Waals surface area contributed by atoms with E-state index in [1.165, 1.54) is 6.33 Å². The summed E-state index contributed by atoms with van der Waals surface area (Å²) in [5.41, 5.74) is 1.15. The van der Waals surface area contributed by atoms with Crippen LogP contribution in [0.5, 0.6) is 0 Å². The minimum atomic E-state index is -0.318. The van der Waals surface area contributed by atoms with E-state index in [2.05, 4.69) is 10.1 Å². The van der Waals surface area contributed by atoms with Gasteiger partial charge in [-0.2, -0.15) is 16.4 Å². The molecule has 0 fully saturated rings. The van der Waals surface area contributed by atoms with Crippen molar-refractivity contribution in [2.24, 2.45) is 0 Å². The van der Waals surface area contributed by atoms with E-state index < -0.39 is 0 Å². The molecule has 0 saturated carbocycles. The lowest BCUT2D eigenvalue weighted by atomic mass is 10.2. The summed E-state index contributed by atoms with van der Waals surface area (Å²) in [5, 5.41) is 8.03. The third-order valence-electron chi connectivity index (χ3n) is 2.57. The molecule has 0 aliphatic heterocycles. The number of hydrogen-bond donors (Lipinski definition) is 0. The predicted molar refractivity (Wildman–Crippen MR) is 65.5 cm³/mol. The monoisotopic (exact) mass is 250 g/mol. The van der Waals surface area contributed by atoms with Crippen molar-refractivity contribution in [3.8, 4) is 0 Å². The molecule has 0 spiro atoms. The number of nitrogens with zero attached hydrogens (tertiary/aromatic N) is 4. The zero-order chi connectivity index (χ0) is 12.3. The highest BCUT2D eigenvalue weighted by Gasteiger charge is 2.19. The molecule has 0 saturated heterocycles. The first kappa shape index (κ1) is 11.8. The van der Waals surface area contributed by atoms with Crippen molar-refractivity contribution in [1.82, 2.24) is 19.7 Å². The zero-order valence-electron chi connectivity index (χ0n) is 9.78. The Kier molecular flexibility index (Phi) is 3.53. The van der Waals surface area contributed by atoms with E-state index in [4.69, 9.17) is 0 Å². The van der Waals surface area contributed by atoms with Gasteiger partial charge in [-0.15, -0.1) is 0 Å². The number of hydrogen-bond acceptors (Lipinski definition) is 4. The molecular formula is C11H14N4OS. The molecule has 2 heterocycles. The lowest BCUT2D eigenvalue weighted by Gasteiger charge is -2.20. The lowest BCUT2D eigenvalue weighted by Crippen LogP contribution is -2.32. The molecule has 2 aromatic rings. The molecule has 0 aromatic carbocycles.